The van der Waals surface area contributed by atoms with Gasteiger partial charge in [-0.1, -0.05) is 6.07 Å². The molecule has 0 saturated carbocycles. The van der Waals surface area contributed by atoms with Crippen molar-refractivity contribution in [2.24, 2.45) is 0 Å². The SMILES string of the molecule is Cc1ccc(S(=O)(=O)N(C)C)cc1NC(=O)[C@@H](C)N(C)Cc1sccc1C. The van der Waals surface area contributed by atoms with E-state index in [4.69, 9.17) is 0 Å². The molecule has 0 radical (unpaired) electrons. The smallest absolute Gasteiger partial charge is 0.242 e. The quantitative estimate of drug-likeness (QED) is 0.763. The zero-order chi connectivity index (χ0) is 20.4. The number of hydrogen-bond donors (Lipinski definition) is 1. The van der Waals surface area contributed by atoms with Crippen LogP contribution in [0.1, 0.15) is 22.9 Å². The number of likely N-dealkylation sites (N-methyl/N-ethyl adjacent to an activating group) is 1. The summed E-state index contributed by atoms with van der Waals surface area (Å²) in [5.41, 5.74) is 2.54. The van der Waals surface area contributed by atoms with Crippen LogP contribution in [-0.4, -0.2) is 50.7 Å². The molecule has 0 bridgehead atoms. The van der Waals surface area contributed by atoms with Crippen LogP contribution in [0.4, 0.5) is 5.69 Å². The Morgan fingerprint density at radius 2 is 1.81 bits per heavy atom. The highest BCUT2D eigenvalue weighted by Gasteiger charge is 2.22. The van der Waals surface area contributed by atoms with Gasteiger partial charge >= 0.3 is 0 Å². The molecule has 0 unspecified atom stereocenters. The Morgan fingerprint density at radius 3 is 2.37 bits per heavy atom. The lowest BCUT2D eigenvalue weighted by molar-refractivity contribution is -0.120. The molecule has 0 saturated heterocycles. The number of benzene rings is 1. The van der Waals surface area contributed by atoms with E-state index in [2.05, 4.69) is 18.3 Å². The van der Waals surface area contributed by atoms with E-state index in [1.54, 1.807) is 23.5 Å². The van der Waals surface area contributed by atoms with Gasteiger partial charge in [0.2, 0.25) is 15.9 Å². The third-order valence-electron chi connectivity index (χ3n) is 4.65. The minimum atomic E-state index is -3.55. The molecule has 6 nitrogen and oxygen atoms in total. The summed E-state index contributed by atoms with van der Waals surface area (Å²) in [6.45, 7) is 6.43. The number of rotatable bonds is 7. The van der Waals surface area contributed by atoms with Gasteiger partial charge in [-0.2, -0.15) is 0 Å². The lowest BCUT2D eigenvalue weighted by atomic mass is 10.2. The van der Waals surface area contributed by atoms with Crippen LogP contribution in [0.15, 0.2) is 34.5 Å². The number of nitrogens with one attached hydrogen (secondary N) is 1. The summed E-state index contributed by atoms with van der Waals surface area (Å²) < 4.78 is 25.8. The van der Waals surface area contributed by atoms with E-state index < -0.39 is 10.0 Å². The number of thiophene rings is 1. The van der Waals surface area contributed by atoms with Gasteiger partial charge in [-0.15, -0.1) is 11.3 Å². The fourth-order valence-electron chi connectivity index (χ4n) is 2.47. The first kappa shape index (κ1) is 21.6. The van der Waals surface area contributed by atoms with Crippen molar-refractivity contribution in [2.45, 2.75) is 38.3 Å². The van der Waals surface area contributed by atoms with Crippen LogP contribution in [0.3, 0.4) is 0 Å². The summed E-state index contributed by atoms with van der Waals surface area (Å²) in [4.78, 5) is 16.1. The van der Waals surface area contributed by atoms with Crippen molar-refractivity contribution in [3.63, 3.8) is 0 Å². The van der Waals surface area contributed by atoms with E-state index in [9.17, 15) is 13.2 Å². The van der Waals surface area contributed by atoms with Crippen molar-refractivity contribution in [2.75, 3.05) is 26.5 Å². The molecule has 8 heteroatoms. The zero-order valence-corrected chi connectivity index (χ0v) is 18.2. The average Bonchev–Trinajstić information content (AvgIpc) is 3.00. The Kier molecular flexibility index (Phi) is 6.80. The summed E-state index contributed by atoms with van der Waals surface area (Å²) in [6, 6.07) is 6.47. The standard InChI is InChI=1S/C19H27N3O3S2/c1-13-7-8-16(27(24,25)21(4)5)11-17(13)20-19(23)15(3)22(6)12-18-14(2)9-10-26-18/h7-11,15H,12H2,1-6H3,(H,20,23)/t15-/m1/s1. The summed E-state index contributed by atoms with van der Waals surface area (Å²) in [7, 11) is 1.32. The minimum Gasteiger partial charge on any atom is -0.324 e. The van der Waals surface area contributed by atoms with Gasteiger partial charge in [-0.05, 0) is 62.5 Å². The minimum absolute atomic E-state index is 0.156. The molecule has 1 aromatic carbocycles. The third-order valence-corrected chi connectivity index (χ3v) is 7.47. The number of hydrogen-bond acceptors (Lipinski definition) is 5. The fraction of sp³-hybridized carbons (Fsp3) is 0.421. The van der Waals surface area contributed by atoms with Gasteiger partial charge in [-0.3, -0.25) is 9.69 Å². The zero-order valence-electron chi connectivity index (χ0n) is 16.6. The summed E-state index contributed by atoms with van der Waals surface area (Å²) in [6.07, 6.45) is 0. The van der Waals surface area contributed by atoms with Crippen molar-refractivity contribution in [1.29, 1.82) is 0 Å². The number of carbonyl (C=O) groups excluding carboxylic acids is 1. The lowest BCUT2D eigenvalue weighted by Gasteiger charge is -2.24. The van der Waals surface area contributed by atoms with E-state index in [1.165, 1.54) is 30.6 Å². The molecule has 1 N–H and O–H groups in total. The van der Waals surface area contributed by atoms with Gasteiger partial charge in [0.1, 0.15) is 0 Å². The Hall–Kier alpha value is -1.74. The second-order valence-corrected chi connectivity index (χ2v) is 10.0. The molecule has 1 amide bonds. The number of carbonyl (C=O) groups is 1. The van der Waals surface area contributed by atoms with Gasteiger partial charge in [0.25, 0.3) is 0 Å². The number of sulfonamides is 1. The number of aryl methyl sites for hydroxylation is 2. The lowest BCUT2D eigenvalue weighted by Crippen LogP contribution is -2.39. The maximum Gasteiger partial charge on any atom is 0.242 e. The molecule has 0 spiro atoms. The normalized spacial score (nSPS) is 13.2. The Bertz CT molecular complexity index is 920. The van der Waals surface area contributed by atoms with Crippen LogP contribution in [0.5, 0.6) is 0 Å². The third kappa shape index (κ3) is 4.95. The van der Waals surface area contributed by atoms with E-state index in [0.717, 1.165) is 9.87 Å². The van der Waals surface area contributed by atoms with Crippen LogP contribution < -0.4 is 5.32 Å². The van der Waals surface area contributed by atoms with Crippen LogP contribution in [0, 0.1) is 13.8 Å². The second kappa shape index (κ2) is 8.52. The molecule has 1 heterocycles. The first-order valence-electron chi connectivity index (χ1n) is 8.61. The van der Waals surface area contributed by atoms with Gasteiger partial charge in [0, 0.05) is 31.2 Å². The first-order chi connectivity index (χ1) is 12.5. The molecule has 0 aliphatic carbocycles. The van der Waals surface area contributed by atoms with E-state index in [0.29, 0.717) is 12.2 Å². The molecule has 2 rings (SSSR count). The fourth-order valence-corrected chi connectivity index (χ4v) is 4.37. The average molecular weight is 410 g/mol. The maximum absolute atomic E-state index is 12.7. The molecule has 0 fully saturated rings. The van der Waals surface area contributed by atoms with Gasteiger partial charge in [0.15, 0.2) is 0 Å². The molecular formula is C19H27N3O3S2. The van der Waals surface area contributed by atoms with Crippen molar-refractivity contribution in [3.8, 4) is 0 Å². The van der Waals surface area contributed by atoms with E-state index in [1.807, 2.05) is 31.2 Å². The van der Waals surface area contributed by atoms with Crippen LogP contribution in [-0.2, 0) is 21.4 Å². The number of amides is 1. The monoisotopic (exact) mass is 409 g/mol. The Labute approximate surface area is 165 Å². The van der Waals surface area contributed by atoms with E-state index in [-0.39, 0.29) is 16.8 Å². The second-order valence-electron chi connectivity index (χ2n) is 6.87. The van der Waals surface area contributed by atoms with Gasteiger partial charge < -0.3 is 5.32 Å². The van der Waals surface area contributed by atoms with E-state index >= 15 is 0 Å². The molecule has 1 aromatic heterocycles. The molecule has 27 heavy (non-hydrogen) atoms. The van der Waals surface area contributed by atoms with Crippen molar-refractivity contribution in [3.05, 3.63) is 45.6 Å². The van der Waals surface area contributed by atoms with Gasteiger partial charge in [0.05, 0.1) is 10.9 Å². The molecule has 0 aliphatic rings. The highest BCUT2D eigenvalue weighted by atomic mass is 32.2. The topological polar surface area (TPSA) is 69.7 Å². The largest absolute Gasteiger partial charge is 0.324 e. The predicted octanol–water partition coefficient (Wildman–Crippen LogP) is 3.07. The van der Waals surface area contributed by atoms with Crippen LogP contribution in [0.2, 0.25) is 0 Å². The summed E-state index contributed by atoms with van der Waals surface area (Å²) >= 11 is 1.68. The van der Waals surface area contributed by atoms with Crippen LogP contribution >= 0.6 is 11.3 Å². The molecule has 148 valence electrons. The van der Waals surface area contributed by atoms with Crippen LogP contribution in [0.25, 0.3) is 0 Å². The van der Waals surface area contributed by atoms with Crippen molar-refractivity contribution >= 4 is 33.0 Å². The van der Waals surface area contributed by atoms with Crippen molar-refractivity contribution in [1.82, 2.24) is 9.21 Å². The molecular weight excluding hydrogens is 382 g/mol. The Balaban J connectivity index is 2.16. The molecule has 0 aliphatic heterocycles. The molecule has 1 atom stereocenters. The summed E-state index contributed by atoms with van der Waals surface area (Å²) in [5.74, 6) is -0.172. The number of nitrogens with zero attached hydrogens (tertiary/aromatic N) is 2. The Morgan fingerprint density at radius 1 is 1.15 bits per heavy atom. The predicted molar refractivity (Wildman–Crippen MR) is 111 cm³/mol. The highest BCUT2D eigenvalue weighted by molar-refractivity contribution is 7.89. The number of anilines is 1. The molecule has 2 aromatic rings. The summed E-state index contributed by atoms with van der Waals surface area (Å²) in [5, 5.41) is 4.92. The van der Waals surface area contributed by atoms with Gasteiger partial charge in [-0.25, -0.2) is 12.7 Å². The van der Waals surface area contributed by atoms with Crippen molar-refractivity contribution < 1.29 is 13.2 Å². The maximum atomic E-state index is 12.7. The first-order valence-corrected chi connectivity index (χ1v) is 10.9. The highest BCUT2D eigenvalue weighted by Crippen LogP contribution is 2.23.